The van der Waals surface area contributed by atoms with Crippen LogP contribution in [0, 0.1) is 0 Å². The molecule has 0 saturated carbocycles. The summed E-state index contributed by atoms with van der Waals surface area (Å²) in [5, 5.41) is 0. The summed E-state index contributed by atoms with van der Waals surface area (Å²) in [5.74, 6) is 0.917. The average molecular weight is 269 g/mol. The van der Waals surface area contributed by atoms with Gasteiger partial charge in [-0.25, -0.2) is 0 Å². The zero-order chi connectivity index (χ0) is 14.6. The van der Waals surface area contributed by atoms with Crippen molar-refractivity contribution in [3.05, 3.63) is 65.2 Å². The first kappa shape index (κ1) is 14.6. The van der Waals surface area contributed by atoms with Crippen molar-refractivity contribution in [3.63, 3.8) is 0 Å². The van der Waals surface area contributed by atoms with Gasteiger partial charge in [-0.3, -0.25) is 0 Å². The van der Waals surface area contributed by atoms with E-state index in [0.29, 0.717) is 13.2 Å². The van der Waals surface area contributed by atoms with Crippen LogP contribution >= 0.6 is 0 Å². The third-order valence-electron chi connectivity index (χ3n) is 3.36. The molecule has 0 aromatic heterocycles. The maximum atomic E-state index is 5.87. The molecule has 0 bridgehead atoms. The van der Waals surface area contributed by atoms with E-state index >= 15 is 0 Å². The monoisotopic (exact) mass is 269 g/mol. The van der Waals surface area contributed by atoms with Crippen LogP contribution in [0.5, 0.6) is 5.75 Å². The van der Waals surface area contributed by atoms with Crippen molar-refractivity contribution in [3.8, 4) is 5.75 Å². The molecule has 2 aromatic carbocycles. The van der Waals surface area contributed by atoms with Gasteiger partial charge < -0.3 is 10.5 Å². The van der Waals surface area contributed by atoms with Crippen LogP contribution in [-0.2, 0) is 18.6 Å². The van der Waals surface area contributed by atoms with Crippen molar-refractivity contribution < 1.29 is 4.74 Å². The van der Waals surface area contributed by atoms with Crippen molar-refractivity contribution in [1.82, 2.24) is 0 Å². The third kappa shape index (κ3) is 3.84. The van der Waals surface area contributed by atoms with Gasteiger partial charge in [-0.15, -0.1) is 0 Å². The smallest absolute Gasteiger partial charge is 0.120 e. The Labute approximate surface area is 121 Å². The molecule has 0 fully saturated rings. The molecule has 2 rings (SSSR count). The van der Waals surface area contributed by atoms with E-state index in [0.717, 1.165) is 16.9 Å². The Morgan fingerprint density at radius 2 is 1.60 bits per heavy atom. The van der Waals surface area contributed by atoms with Gasteiger partial charge in [0.1, 0.15) is 12.4 Å². The number of nitrogens with two attached hydrogens (primary N) is 1. The van der Waals surface area contributed by atoms with Crippen LogP contribution in [0.3, 0.4) is 0 Å². The number of ether oxygens (including phenoxy) is 1. The molecule has 2 heteroatoms. The summed E-state index contributed by atoms with van der Waals surface area (Å²) in [6.45, 7) is 7.78. The topological polar surface area (TPSA) is 35.2 Å². The van der Waals surface area contributed by atoms with E-state index in [-0.39, 0.29) is 5.41 Å². The molecule has 0 heterocycles. The van der Waals surface area contributed by atoms with Gasteiger partial charge in [0.25, 0.3) is 0 Å². The molecule has 2 nitrogen and oxygen atoms in total. The minimum absolute atomic E-state index is 0.141. The van der Waals surface area contributed by atoms with Crippen molar-refractivity contribution in [1.29, 1.82) is 0 Å². The van der Waals surface area contributed by atoms with Crippen LogP contribution in [0.1, 0.15) is 37.5 Å². The van der Waals surface area contributed by atoms with Gasteiger partial charge in [-0.05, 0) is 34.2 Å². The molecular formula is C18H23NO. The second kappa shape index (κ2) is 6.10. The molecule has 20 heavy (non-hydrogen) atoms. The quantitative estimate of drug-likeness (QED) is 0.909. The van der Waals surface area contributed by atoms with E-state index < -0.39 is 0 Å². The summed E-state index contributed by atoms with van der Waals surface area (Å²) in [6, 6.07) is 16.5. The first-order valence-corrected chi connectivity index (χ1v) is 7.00. The van der Waals surface area contributed by atoms with E-state index in [1.54, 1.807) is 0 Å². The average Bonchev–Trinajstić information content (AvgIpc) is 2.45. The lowest BCUT2D eigenvalue weighted by Gasteiger charge is -2.19. The summed E-state index contributed by atoms with van der Waals surface area (Å²) in [6.07, 6.45) is 0. The Morgan fingerprint density at radius 1 is 0.950 bits per heavy atom. The molecule has 0 amide bonds. The highest BCUT2D eigenvalue weighted by atomic mass is 16.5. The van der Waals surface area contributed by atoms with Crippen molar-refractivity contribution in [2.24, 2.45) is 5.73 Å². The van der Waals surface area contributed by atoms with Crippen molar-refractivity contribution >= 4 is 0 Å². The van der Waals surface area contributed by atoms with Crippen LogP contribution in [0.25, 0.3) is 0 Å². The van der Waals surface area contributed by atoms with Gasteiger partial charge in [-0.1, -0.05) is 57.2 Å². The zero-order valence-electron chi connectivity index (χ0n) is 12.5. The van der Waals surface area contributed by atoms with Crippen LogP contribution in [0.2, 0.25) is 0 Å². The molecule has 0 radical (unpaired) electrons. The SMILES string of the molecule is CC(C)(C)c1cccc(OCc2ccc(CN)cc2)c1. The molecular weight excluding hydrogens is 246 g/mol. The summed E-state index contributed by atoms with van der Waals surface area (Å²) >= 11 is 0. The fraction of sp³-hybridized carbons (Fsp3) is 0.333. The zero-order valence-corrected chi connectivity index (χ0v) is 12.5. The molecule has 0 atom stereocenters. The molecule has 0 saturated heterocycles. The van der Waals surface area contributed by atoms with Gasteiger partial charge in [0.15, 0.2) is 0 Å². The summed E-state index contributed by atoms with van der Waals surface area (Å²) in [4.78, 5) is 0. The van der Waals surface area contributed by atoms with Gasteiger partial charge in [0, 0.05) is 6.54 Å². The standard InChI is InChI=1S/C18H23NO/c1-18(2,3)16-5-4-6-17(11-16)20-13-15-9-7-14(12-19)8-10-15/h4-11H,12-13,19H2,1-3H3. The predicted octanol–water partition coefficient (Wildman–Crippen LogP) is 4.02. The van der Waals surface area contributed by atoms with Crippen LogP contribution in [0.15, 0.2) is 48.5 Å². The highest BCUT2D eigenvalue weighted by Gasteiger charge is 2.13. The van der Waals surface area contributed by atoms with Crippen LogP contribution in [0.4, 0.5) is 0 Å². The molecule has 2 N–H and O–H groups in total. The van der Waals surface area contributed by atoms with E-state index in [2.05, 4.69) is 45.0 Å². The molecule has 0 aliphatic rings. The Hall–Kier alpha value is -1.80. The molecule has 0 spiro atoms. The third-order valence-corrected chi connectivity index (χ3v) is 3.36. The Morgan fingerprint density at radius 3 is 2.20 bits per heavy atom. The highest BCUT2D eigenvalue weighted by Crippen LogP contribution is 2.26. The minimum Gasteiger partial charge on any atom is -0.489 e. The van der Waals surface area contributed by atoms with Crippen molar-refractivity contribution in [2.45, 2.75) is 39.3 Å². The molecule has 106 valence electrons. The second-order valence-corrected chi connectivity index (χ2v) is 6.09. The number of benzene rings is 2. The first-order chi connectivity index (χ1) is 9.49. The predicted molar refractivity (Wildman–Crippen MR) is 83.8 cm³/mol. The number of hydrogen-bond donors (Lipinski definition) is 1. The maximum Gasteiger partial charge on any atom is 0.120 e. The summed E-state index contributed by atoms with van der Waals surface area (Å²) in [5.41, 5.74) is 9.32. The normalized spacial score (nSPS) is 11.4. The summed E-state index contributed by atoms with van der Waals surface area (Å²) in [7, 11) is 0. The first-order valence-electron chi connectivity index (χ1n) is 7.00. The van der Waals surface area contributed by atoms with Crippen LogP contribution < -0.4 is 10.5 Å². The molecule has 2 aromatic rings. The maximum absolute atomic E-state index is 5.87. The molecule has 0 aliphatic heterocycles. The van der Waals surface area contributed by atoms with Gasteiger partial charge in [-0.2, -0.15) is 0 Å². The van der Waals surface area contributed by atoms with Crippen molar-refractivity contribution in [2.75, 3.05) is 0 Å². The number of hydrogen-bond acceptors (Lipinski definition) is 2. The largest absolute Gasteiger partial charge is 0.489 e. The van der Waals surface area contributed by atoms with Gasteiger partial charge in [0.05, 0.1) is 0 Å². The fourth-order valence-electron chi connectivity index (χ4n) is 1.99. The van der Waals surface area contributed by atoms with E-state index in [4.69, 9.17) is 10.5 Å². The van der Waals surface area contributed by atoms with E-state index in [1.807, 2.05) is 24.3 Å². The fourth-order valence-corrected chi connectivity index (χ4v) is 1.99. The summed E-state index contributed by atoms with van der Waals surface area (Å²) < 4.78 is 5.87. The lowest BCUT2D eigenvalue weighted by atomic mass is 9.87. The number of rotatable bonds is 4. The Balaban J connectivity index is 2.03. The van der Waals surface area contributed by atoms with Gasteiger partial charge in [0.2, 0.25) is 0 Å². The lowest BCUT2D eigenvalue weighted by molar-refractivity contribution is 0.305. The van der Waals surface area contributed by atoms with Gasteiger partial charge >= 0.3 is 0 Å². The Bertz CT molecular complexity index is 552. The van der Waals surface area contributed by atoms with E-state index in [9.17, 15) is 0 Å². The molecule has 0 unspecified atom stereocenters. The van der Waals surface area contributed by atoms with Crippen LogP contribution in [-0.4, -0.2) is 0 Å². The van der Waals surface area contributed by atoms with E-state index in [1.165, 1.54) is 5.56 Å². The Kier molecular flexibility index (Phi) is 4.46. The highest BCUT2D eigenvalue weighted by molar-refractivity contribution is 5.33. The minimum atomic E-state index is 0.141. The lowest BCUT2D eigenvalue weighted by Crippen LogP contribution is -2.10. The second-order valence-electron chi connectivity index (χ2n) is 6.09. The molecule has 0 aliphatic carbocycles.